The summed E-state index contributed by atoms with van der Waals surface area (Å²) < 4.78 is 1.48. The number of aliphatic carboxylic acids is 1. The summed E-state index contributed by atoms with van der Waals surface area (Å²) in [4.78, 5) is 23.1. The fourth-order valence-electron chi connectivity index (χ4n) is 5.23. The largest absolute Gasteiger partial charge is 0.481 e. The van der Waals surface area contributed by atoms with Crippen molar-refractivity contribution in [2.45, 2.75) is 50.9 Å². The van der Waals surface area contributed by atoms with Crippen LogP contribution in [0.15, 0.2) is 76.8 Å². The summed E-state index contributed by atoms with van der Waals surface area (Å²) in [6.45, 7) is 2.08. The van der Waals surface area contributed by atoms with Crippen molar-refractivity contribution in [1.29, 1.82) is 0 Å². The van der Waals surface area contributed by atoms with Gasteiger partial charge in [0.25, 0.3) is 0 Å². The predicted molar refractivity (Wildman–Crippen MR) is 136 cm³/mol. The Hall–Kier alpha value is -3.67. The number of oxime groups is 1. The molecule has 0 bridgehead atoms. The maximum atomic E-state index is 11.8. The van der Waals surface area contributed by atoms with E-state index >= 15 is 0 Å². The van der Waals surface area contributed by atoms with E-state index < -0.39 is 5.97 Å². The smallest absolute Gasteiger partial charge is 0.306 e. The zero-order chi connectivity index (χ0) is 24.9. The summed E-state index contributed by atoms with van der Waals surface area (Å²) in [6, 6.07) is 20.0. The zero-order valence-electron chi connectivity index (χ0n) is 20.2. The van der Waals surface area contributed by atoms with E-state index in [-0.39, 0.29) is 17.4 Å². The Morgan fingerprint density at radius 2 is 1.71 bits per heavy atom. The molecule has 1 aliphatic carbocycles. The van der Waals surface area contributed by atoms with Crippen LogP contribution in [-0.2, 0) is 11.8 Å². The van der Waals surface area contributed by atoms with Crippen LogP contribution in [0.1, 0.15) is 71.8 Å². The molecule has 1 aliphatic rings. The molecule has 3 aromatic rings. The van der Waals surface area contributed by atoms with Gasteiger partial charge in [-0.25, -0.2) is 0 Å². The fourth-order valence-corrected chi connectivity index (χ4v) is 5.23. The third-order valence-electron chi connectivity index (χ3n) is 7.39. The van der Waals surface area contributed by atoms with Gasteiger partial charge in [-0.05, 0) is 66.8 Å². The van der Waals surface area contributed by atoms with E-state index in [9.17, 15) is 19.9 Å². The van der Waals surface area contributed by atoms with Gasteiger partial charge in [0.15, 0.2) is 0 Å². The van der Waals surface area contributed by atoms with Crippen LogP contribution >= 0.6 is 0 Å². The molecule has 0 saturated heterocycles. The number of hydrogen-bond acceptors (Lipinski definition) is 4. The molecule has 1 aromatic heterocycles. The maximum absolute atomic E-state index is 11.8. The van der Waals surface area contributed by atoms with Crippen LogP contribution in [0, 0.1) is 12.8 Å². The summed E-state index contributed by atoms with van der Waals surface area (Å²) in [7, 11) is 1.68. The Kier molecular flexibility index (Phi) is 7.49. The molecule has 0 aliphatic heterocycles. The summed E-state index contributed by atoms with van der Waals surface area (Å²) in [5.74, 6) is -0.544. The van der Waals surface area contributed by atoms with E-state index in [1.54, 1.807) is 19.3 Å². The number of aromatic nitrogens is 1. The van der Waals surface area contributed by atoms with E-state index in [1.807, 2.05) is 12.1 Å². The second-order valence-corrected chi connectivity index (χ2v) is 9.58. The Morgan fingerprint density at radius 3 is 2.31 bits per heavy atom. The van der Waals surface area contributed by atoms with E-state index in [0.29, 0.717) is 23.6 Å². The summed E-state index contributed by atoms with van der Waals surface area (Å²) >= 11 is 0. The van der Waals surface area contributed by atoms with Crippen LogP contribution < -0.4 is 5.56 Å². The van der Waals surface area contributed by atoms with Gasteiger partial charge in [-0.2, -0.15) is 0 Å². The fraction of sp³-hybridized carbons (Fsp3) is 0.345. The van der Waals surface area contributed by atoms with Gasteiger partial charge in [-0.1, -0.05) is 53.7 Å². The van der Waals surface area contributed by atoms with Gasteiger partial charge >= 0.3 is 5.97 Å². The third-order valence-corrected chi connectivity index (χ3v) is 7.39. The van der Waals surface area contributed by atoms with Gasteiger partial charge in [0.2, 0.25) is 5.56 Å². The molecule has 1 saturated carbocycles. The lowest BCUT2D eigenvalue weighted by atomic mass is 9.78. The van der Waals surface area contributed by atoms with Gasteiger partial charge in [0.1, 0.15) is 0 Å². The van der Waals surface area contributed by atoms with Crippen LogP contribution in [0.5, 0.6) is 0 Å². The minimum Gasteiger partial charge on any atom is -0.481 e. The van der Waals surface area contributed by atoms with Crippen LogP contribution in [-0.4, -0.2) is 26.6 Å². The van der Waals surface area contributed by atoms with Crippen molar-refractivity contribution in [3.05, 3.63) is 105 Å². The third kappa shape index (κ3) is 5.53. The first-order valence-electron chi connectivity index (χ1n) is 12.1. The molecule has 4 rings (SSSR count). The Bertz CT molecular complexity index is 1270. The van der Waals surface area contributed by atoms with E-state index in [0.717, 1.165) is 42.4 Å². The van der Waals surface area contributed by atoms with Gasteiger partial charge < -0.3 is 14.9 Å². The van der Waals surface area contributed by atoms with E-state index in [2.05, 4.69) is 48.5 Å². The highest BCUT2D eigenvalue weighted by Crippen LogP contribution is 2.37. The lowest BCUT2D eigenvalue weighted by Crippen LogP contribution is -2.20. The SMILES string of the molecule is Cc1ccccc1[C@@H](C/C(=N\O)c1ccc(=O)n(C)c1)c1ccc([C@H]2CC[C@H](C(=O)O)CC2)cc1. The highest BCUT2D eigenvalue weighted by Gasteiger charge is 2.27. The standard InChI is InChI=1S/C29H32N2O4/c1-19-5-3-4-6-25(19)26(17-27(30-35)24-15-16-28(32)31(2)18-24)22-11-7-20(8-12-22)21-9-13-23(14-10-21)29(33)34/h3-8,11-12,15-16,18,21,23,26,35H,9-10,13-14,17H2,1-2H3,(H,33,34)/b30-27+/t21-,23-,26-/m0/s1. The lowest BCUT2D eigenvalue weighted by Gasteiger charge is -2.27. The summed E-state index contributed by atoms with van der Waals surface area (Å²) in [5, 5.41) is 22.8. The molecule has 2 N–H and O–H groups in total. The van der Waals surface area contributed by atoms with Gasteiger partial charge in [0.05, 0.1) is 11.6 Å². The Morgan fingerprint density at radius 1 is 1.03 bits per heavy atom. The minimum absolute atomic E-state index is 0.0314. The molecule has 35 heavy (non-hydrogen) atoms. The molecule has 0 amide bonds. The molecule has 6 heteroatoms. The van der Waals surface area contributed by atoms with Crippen molar-refractivity contribution >= 4 is 11.7 Å². The molecule has 6 nitrogen and oxygen atoms in total. The first-order valence-corrected chi connectivity index (χ1v) is 12.1. The number of carboxylic acid groups (broad SMARTS) is 1. The number of aryl methyl sites for hydroxylation is 2. The van der Waals surface area contributed by atoms with Crippen molar-refractivity contribution in [3.8, 4) is 0 Å². The molecule has 0 spiro atoms. The van der Waals surface area contributed by atoms with Crippen molar-refractivity contribution in [2.24, 2.45) is 18.1 Å². The van der Waals surface area contributed by atoms with Crippen molar-refractivity contribution in [1.82, 2.24) is 4.57 Å². The second-order valence-electron chi connectivity index (χ2n) is 9.58. The van der Waals surface area contributed by atoms with E-state index in [4.69, 9.17) is 0 Å². The Balaban J connectivity index is 1.62. The minimum atomic E-state index is -0.681. The molecule has 2 aromatic carbocycles. The second kappa shape index (κ2) is 10.7. The maximum Gasteiger partial charge on any atom is 0.306 e. The molecule has 0 unspecified atom stereocenters. The van der Waals surface area contributed by atoms with E-state index in [1.165, 1.54) is 16.2 Å². The average Bonchev–Trinajstić information content (AvgIpc) is 2.87. The molecular formula is C29H32N2O4. The van der Waals surface area contributed by atoms with Crippen LogP contribution in [0.4, 0.5) is 0 Å². The monoisotopic (exact) mass is 472 g/mol. The highest BCUT2D eigenvalue weighted by atomic mass is 16.4. The number of nitrogens with zero attached hydrogens (tertiary/aromatic N) is 2. The number of rotatable bonds is 7. The molecule has 1 fully saturated rings. The van der Waals surface area contributed by atoms with Crippen molar-refractivity contribution in [3.63, 3.8) is 0 Å². The quantitative estimate of drug-likeness (QED) is 0.272. The highest BCUT2D eigenvalue weighted by molar-refractivity contribution is 6.00. The van der Waals surface area contributed by atoms with Gasteiger partial charge in [-0.15, -0.1) is 0 Å². The molecule has 1 atom stereocenters. The van der Waals surface area contributed by atoms with Crippen molar-refractivity contribution in [2.75, 3.05) is 0 Å². The van der Waals surface area contributed by atoms with Crippen LogP contribution in [0.3, 0.4) is 0 Å². The zero-order valence-corrected chi connectivity index (χ0v) is 20.2. The number of hydrogen-bond donors (Lipinski definition) is 2. The molecule has 1 heterocycles. The summed E-state index contributed by atoms with van der Waals surface area (Å²) in [6.07, 6.45) is 5.41. The molecule has 0 radical (unpaired) electrons. The first kappa shape index (κ1) is 24.5. The van der Waals surface area contributed by atoms with Crippen LogP contribution in [0.2, 0.25) is 0 Å². The number of pyridine rings is 1. The first-order chi connectivity index (χ1) is 16.9. The molecule has 182 valence electrons. The number of carboxylic acids is 1. The predicted octanol–water partition coefficient (Wildman–Crippen LogP) is 5.45. The molecular weight excluding hydrogens is 440 g/mol. The normalized spacial score (nSPS) is 19.3. The topological polar surface area (TPSA) is 91.9 Å². The lowest BCUT2D eigenvalue weighted by molar-refractivity contribution is -0.142. The van der Waals surface area contributed by atoms with Crippen molar-refractivity contribution < 1.29 is 15.1 Å². The summed E-state index contributed by atoms with van der Waals surface area (Å²) in [5.41, 5.74) is 5.79. The number of carbonyl (C=O) groups is 1. The Labute approximate surface area is 205 Å². The van der Waals surface area contributed by atoms with Gasteiger partial charge in [0, 0.05) is 37.2 Å². The van der Waals surface area contributed by atoms with Gasteiger partial charge in [-0.3, -0.25) is 9.59 Å². The average molecular weight is 473 g/mol. The van der Waals surface area contributed by atoms with Crippen LogP contribution in [0.25, 0.3) is 0 Å². The number of benzene rings is 2.